The maximum absolute atomic E-state index is 13.1. The maximum atomic E-state index is 13.1. The molecule has 0 aliphatic rings. The van der Waals surface area contributed by atoms with E-state index in [9.17, 15) is 16.8 Å². The van der Waals surface area contributed by atoms with Gasteiger partial charge in [0.2, 0.25) is 0 Å². The van der Waals surface area contributed by atoms with Crippen molar-refractivity contribution in [1.29, 1.82) is 0 Å². The van der Waals surface area contributed by atoms with Crippen LogP contribution in [0.15, 0.2) is 140 Å². The highest BCUT2D eigenvalue weighted by Gasteiger charge is 2.21. The van der Waals surface area contributed by atoms with E-state index in [1.54, 1.807) is 97.1 Å². The lowest BCUT2D eigenvalue weighted by molar-refractivity contribution is 0.596. The molecule has 0 saturated carbocycles. The Morgan fingerprint density at radius 2 is 0.743 bits per heavy atom. The first-order valence-electron chi connectivity index (χ1n) is 10.4. The second-order valence-electron chi connectivity index (χ2n) is 7.20. The minimum Gasteiger partial charge on any atom is -0.199 e. The summed E-state index contributed by atoms with van der Waals surface area (Å²) in [4.78, 5) is 0.0632. The van der Waals surface area contributed by atoms with Crippen LogP contribution in [0.1, 0.15) is 11.1 Å². The Kier molecular flexibility index (Phi) is 7.60. The molecular formula is C26H20N2O4S3. The number of thioether (sulfide) groups is 1. The summed E-state index contributed by atoms with van der Waals surface area (Å²) in [5.74, 6) is 0. The zero-order valence-electron chi connectivity index (χ0n) is 18.3. The van der Waals surface area contributed by atoms with Gasteiger partial charge in [0.1, 0.15) is 10.1 Å². The molecule has 0 amide bonds. The number of hydrogen-bond donors (Lipinski definition) is 0. The molecule has 0 N–H and O–H groups in total. The van der Waals surface area contributed by atoms with Crippen LogP contribution in [0.4, 0.5) is 0 Å². The number of sulfonamides is 2. The van der Waals surface area contributed by atoms with E-state index in [1.807, 2.05) is 0 Å². The van der Waals surface area contributed by atoms with Gasteiger partial charge < -0.3 is 0 Å². The normalized spacial score (nSPS) is 12.9. The first-order chi connectivity index (χ1) is 16.9. The SMILES string of the molecule is O=S(=O)(/N=C(/S/C(=N/S(=O)(=O)c1ccccc1)c1ccccc1)c1ccccc1)c1ccccc1. The van der Waals surface area contributed by atoms with Crippen LogP contribution in [0.2, 0.25) is 0 Å². The lowest BCUT2D eigenvalue weighted by atomic mass is 10.2. The molecule has 4 aromatic rings. The molecule has 0 aliphatic heterocycles. The molecular weight excluding hydrogens is 500 g/mol. The number of rotatable bonds is 6. The van der Waals surface area contributed by atoms with E-state index >= 15 is 0 Å². The van der Waals surface area contributed by atoms with Gasteiger partial charge in [-0.25, -0.2) is 0 Å². The number of benzene rings is 4. The molecule has 9 heteroatoms. The van der Waals surface area contributed by atoms with Crippen molar-refractivity contribution in [3.63, 3.8) is 0 Å². The average Bonchev–Trinajstić information content (AvgIpc) is 2.90. The first-order valence-corrected chi connectivity index (χ1v) is 14.1. The van der Waals surface area contributed by atoms with Crippen LogP contribution in [0.3, 0.4) is 0 Å². The van der Waals surface area contributed by atoms with Crippen LogP contribution < -0.4 is 0 Å². The Balaban J connectivity index is 1.86. The molecule has 0 saturated heterocycles. The molecule has 4 rings (SSSR count). The van der Waals surface area contributed by atoms with Crippen molar-refractivity contribution >= 4 is 41.9 Å². The van der Waals surface area contributed by atoms with Crippen LogP contribution in [0, 0.1) is 0 Å². The fraction of sp³-hybridized carbons (Fsp3) is 0. The molecule has 0 fully saturated rings. The Bertz CT molecular complexity index is 1430. The molecule has 0 radical (unpaired) electrons. The van der Waals surface area contributed by atoms with Crippen LogP contribution in [0.5, 0.6) is 0 Å². The highest BCUT2D eigenvalue weighted by molar-refractivity contribution is 8.28. The van der Waals surface area contributed by atoms with Crippen molar-refractivity contribution in [2.75, 3.05) is 0 Å². The second kappa shape index (κ2) is 10.8. The van der Waals surface area contributed by atoms with E-state index < -0.39 is 20.0 Å². The summed E-state index contributed by atoms with van der Waals surface area (Å²) in [6, 6.07) is 33.1. The fourth-order valence-corrected chi connectivity index (χ4v) is 6.46. The molecule has 0 aromatic heterocycles. The van der Waals surface area contributed by atoms with Gasteiger partial charge in [-0.1, -0.05) is 97.1 Å². The lowest BCUT2D eigenvalue weighted by Gasteiger charge is -2.10. The summed E-state index contributed by atoms with van der Waals surface area (Å²) in [7, 11) is -8.14. The topological polar surface area (TPSA) is 93.0 Å². The zero-order valence-corrected chi connectivity index (χ0v) is 20.7. The van der Waals surface area contributed by atoms with Gasteiger partial charge >= 0.3 is 0 Å². The first kappa shape index (κ1) is 24.6. The van der Waals surface area contributed by atoms with Crippen molar-refractivity contribution in [1.82, 2.24) is 0 Å². The smallest absolute Gasteiger partial charge is 0.199 e. The van der Waals surface area contributed by atoms with Crippen LogP contribution in [-0.2, 0) is 20.0 Å². The summed E-state index contributed by atoms with van der Waals surface area (Å²) >= 11 is 0.881. The highest BCUT2D eigenvalue weighted by atomic mass is 32.2. The predicted molar refractivity (Wildman–Crippen MR) is 141 cm³/mol. The van der Waals surface area contributed by atoms with E-state index in [4.69, 9.17) is 0 Å². The van der Waals surface area contributed by atoms with Gasteiger partial charge in [0.15, 0.2) is 0 Å². The number of nitrogens with zero attached hydrogens (tertiary/aromatic N) is 2. The van der Waals surface area contributed by atoms with Gasteiger partial charge in [0.25, 0.3) is 20.0 Å². The Hall–Kier alpha value is -3.53. The number of hydrogen-bond acceptors (Lipinski definition) is 5. The Labute approximate surface area is 209 Å². The maximum Gasteiger partial charge on any atom is 0.283 e. The van der Waals surface area contributed by atoms with Gasteiger partial charge in [-0.05, 0) is 36.0 Å². The molecule has 176 valence electrons. The van der Waals surface area contributed by atoms with Crippen molar-refractivity contribution in [3.05, 3.63) is 132 Å². The minimum atomic E-state index is -4.07. The summed E-state index contributed by atoms with van der Waals surface area (Å²) in [5, 5.41) is 0.195. The average molecular weight is 521 g/mol. The quantitative estimate of drug-likeness (QED) is 0.251. The third-order valence-corrected chi connectivity index (χ3v) is 8.58. The highest BCUT2D eigenvalue weighted by Crippen LogP contribution is 2.25. The molecule has 0 atom stereocenters. The zero-order chi connectivity index (χ0) is 24.7. The summed E-state index contributed by atoms with van der Waals surface area (Å²) < 4.78 is 60.5. The summed E-state index contributed by atoms with van der Waals surface area (Å²) in [5.41, 5.74) is 1.02. The summed E-state index contributed by atoms with van der Waals surface area (Å²) in [6.45, 7) is 0. The van der Waals surface area contributed by atoms with Gasteiger partial charge in [-0.15, -0.1) is 0 Å². The van der Waals surface area contributed by atoms with Gasteiger partial charge in [0.05, 0.1) is 9.79 Å². The van der Waals surface area contributed by atoms with E-state index in [-0.39, 0.29) is 19.9 Å². The van der Waals surface area contributed by atoms with Gasteiger partial charge in [0, 0.05) is 11.1 Å². The Morgan fingerprint density at radius 1 is 0.457 bits per heavy atom. The van der Waals surface area contributed by atoms with Crippen molar-refractivity contribution in [2.24, 2.45) is 8.80 Å². The molecule has 35 heavy (non-hydrogen) atoms. The molecule has 0 spiro atoms. The largest absolute Gasteiger partial charge is 0.283 e. The molecule has 0 heterocycles. The monoisotopic (exact) mass is 520 g/mol. The lowest BCUT2D eigenvalue weighted by Crippen LogP contribution is -2.10. The van der Waals surface area contributed by atoms with Crippen LogP contribution in [-0.4, -0.2) is 26.9 Å². The third kappa shape index (κ3) is 6.33. The van der Waals surface area contributed by atoms with Crippen molar-refractivity contribution < 1.29 is 16.8 Å². The molecule has 0 unspecified atom stereocenters. The minimum absolute atomic E-state index is 0.0316. The fourth-order valence-electron chi connectivity index (χ4n) is 3.02. The van der Waals surface area contributed by atoms with Gasteiger partial charge in [-0.2, -0.15) is 25.6 Å². The molecule has 0 aliphatic carbocycles. The van der Waals surface area contributed by atoms with E-state index in [2.05, 4.69) is 8.80 Å². The van der Waals surface area contributed by atoms with Crippen LogP contribution in [0.25, 0.3) is 0 Å². The van der Waals surface area contributed by atoms with E-state index in [0.29, 0.717) is 11.1 Å². The van der Waals surface area contributed by atoms with E-state index in [1.165, 1.54) is 24.3 Å². The Morgan fingerprint density at radius 3 is 1.06 bits per heavy atom. The van der Waals surface area contributed by atoms with Crippen molar-refractivity contribution in [3.8, 4) is 0 Å². The van der Waals surface area contributed by atoms with Crippen molar-refractivity contribution in [2.45, 2.75) is 9.79 Å². The van der Waals surface area contributed by atoms with E-state index in [0.717, 1.165) is 11.8 Å². The second-order valence-corrected chi connectivity index (χ2v) is 11.4. The molecule has 6 nitrogen and oxygen atoms in total. The predicted octanol–water partition coefficient (Wildman–Crippen LogP) is 5.39. The molecule has 4 aromatic carbocycles. The summed E-state index contributed by atoms with van der Waals surface area (Å²) in [6.07, 6.45) is 0. The third-order valence-electron chi connectivity index (χ3n) is 4.72. The van der Waals surface area contributed by atoms with Gasteiger partial charge in [-0.3, -0.25) is 0 Å². The van der Waals surface area contributed by atoms with Crippen LogP contribution >= 0.6 is 11.8 Å². The standard InChI is InChI=1S/C26H20N2O4S3/c29-34(30,23-17-9-3-10-18-23)27-25(21-13-5-1-6-14-21)33-26(22-15-7-2-8-16-22)28-35(31,32)24-19-11-4-12-20-24/h1-20H/b27-25+,28-26+. The molecule has 0 bridgehead atoms.